The Balaban J connectivity index is 1.78. The van der Waals surface area contributed by atoms with E-state index in [1.54, 1.807) is 21.0 Å². The van der Waals surface area contributed by atoms with Gasteiger partial charge in [0.1, 0.15) is 18.2 Å². The number of hydrogen-bond donors (Lipinski definition) is 3. The fourth-order valence-electron chi connectivity index (χ4n) is 4.02. The zero-order valence-corrected chi connectivity index (χ0v) is 20.0. The van der Waals surface area contributed by atoms with Crippen LogP contribution in [0.15, 0.2) is 59.8 Å². The van der Waals surface area contributed by atoms with E-state index in [9.17, 15) is 4.79 Å². The highest BCUT2D eigenvalue weighted by Crippen LogP contribution is 2.45. The Hall–Kier alpha value is -3.85. The van der Waals surface area contributed by atoms with Gasteiger partial charge in [0.25, 0.3) is 0 Å². The molecule has 1 unspecified atom stereocenters. The Labute approximate surface area is 202 Å². The largest absolute Gasteiger partial charge is 0.493 e. The van der Waals surface area contributed by atoms with Crippen molar-refractivity contribution >= 4 is 29.8 Å². The third-order valence-corrected chi connectivity index (χ3v) is 5.73. The number of methoxy groups -OCH3 is 1. The first kappa shape index (κ1) is 23.3. The summed E-state index contributed by atoms with van der Waals surface area (Å²) in [7, 11) is 1.57. The molecule has 176 valence electrons. The van der Waals surface area contributed by atoms with Crippen molar-refractivity contribution < 1.29 is 19.0 Å². The van der Waals surface area contributed by atoms with Crippen molar-refractivity contribution in [3.05, 3.63) is 81.3 Å². The molecule has 0 fully saturated rings. The molecule has 0 saturated heterocycles. The van der Waals surface area contributed by atoms with Crippen molar-refractivity contribution in [3.63, 3.8) is 0 Å². The molecule has 9 heteroatoms. The molecule has 1 aliphatic rings. The number of nitrogens with two attached hydrogens (primary N) is 1. The number of fused-ring (bicyclic) bond motifs is 1. The molecule has 1 aliphatic heterocycles. The fraction of sp³-hybridized carbons (Fsp3) is 0.240. The molecule has 0 radical (unpaired) electrons. The predicted molar refractivity (Wildman–Crippen MR) is 132 cm³/mol. The van der Waals surface area contributed by atoms with E-state index in [1.165, 1.54) is 0 Å². The van der Waals surface area contributed by atoms with E-state index in [1.807, 2.05) is 48.5 Å². The molecule has 1 aromatic heterocycles. The highest BCUT2D eigenvalue weighted by Gasteiger charge is 2.36. The van der Waals surface area contributed by atoms with Crippen LogP contribution in [-0.4, -0.2) is 29.7 Å². The summed E-state index contributed by atoms with van der Waals surface area (Å²) in [5.41, 5.74) is 9.81. The molecule has 2 heterocycles. The van der Waals surface area contributed by atoms with Crippen LogP contribution in [0.1, 0.15) is 36.5 Å². The van der Waals surface area contributed by atoms with Gasteiger partial charge in [-0.1, -0.05) is 36.4 Å². The number of nitrogens with one attached hydrogen (secondary N) is 2. The van der Waals surface area contributed by atoms with Crippen LogP contribution in [0.4, 0.5) is 11.6 Å². The fourth-order valence-corrected chi connectivity index (χ4v) is 4.23. The van der Waals surface area contributed by atoms with Crippen LogP contribution >= 0.6 is 12.2 Å². The minimum atomic E-state index is -0.549. The maximum atomic E-state index is 13.0. The van der Waals surface area contributed by atoms with Gasteiger partial charge in [-0.2, -0.15) is 0 Å². The van der Waals surface area contributed by atoms with Crippen molar-refractivity contribution in [1.29, 1.82) is 0 Å². The maximum absolute atomic E-state index is 13.0. The van der Waals surface area contributed by atoms with Gasteiger partial charge in [0.05, 0.1) is 25.2 Å². The van der Waals surface area contributed by atoms with Crippen LogP contribution in [0.25, 0.3) is 0 Å². The molecule has 34 heavy (non-hydrogen) atoms. The zero-order valence-electron chi connectivity index (χ0n) is 19.2. The molecule has 4 N–H and O–H groups in total. The lowest BCUT2D eigenvalue weighted by molar-refractivity contribution is -0.138. The van der Waals surface area contributed by atoms with Gasteiger partial charge in [-0.05, 0) is 49.3 Å². The van der Waals surface area contributed by atoms with Gasteiger partial charge < -0.3 is 30.2 Å². The average molecular weight is 479 g/mol. The molecule has 4 rings (SSSR count). The van der Waals surface area contributed by atoms with Gasteiger partial charge in [0.15, 0.2) is 16.3 Å². The van der Waals surface area contributed by atoms with E-state index < -0.39 is 11.9 Å². The maximum Gasteiger partial charge on any atom is 0.336 e. The van der Waals surface area contributed by atoms with Crippen LogP contribution in [-0.2, 0) is 16.1 Å². The lowest BCUT2D eigenvalue weighted by atomic mass is 9.81. The first-order chi connectivity index (χ1) is 16.4. The molecule has 0 aliphatic carbocycles. The third-order valence-electron chi connectivity index (χ3n) is 5.54. The summed E-state index contributed by atoms with van der Waals surface area (Å²) >= 11 is 5.20. The molecule has 0 saturated carbocycles. The Kier molecular flexibility index (Phi) is 6.83. The van der Waals surface area contributed by atoms with Gasteiger partial charge in [-0.3, -0.25) is 0 Å². The number of hydrogen-bond acceptors (Lipinski definition) is 8. The number of carbonyl (C=O) groups is 1. The quantitative estimate of drug-likeness (QED) is 0.331. The molecule has 0 spiro atoms. The standard InChI is InChI=1S/C25H26N4O4S/c1-4-32-24(30)19-14(2)27-23-21(22(26)28-25(34)29-23)20(19)16-10-11-17(18(12-16)31-3)33-13-15-8-6-5-7-9-15/h5-12,20H,4,13H2,1-3H3,(H4,26,27,28,29,34). The van der Waals surface area contributed by atoms with Crippen LogP contribution < -0.4 is 20.5 Å². The molecule has 2 aromatic carbocycles. The average Bonchev–Trinajstić information content (AvgIpc) is 2.82. The van der Waals surface area contributed by atoms with Crippen molar-refractivity contribution in [2.24, 2.45) is 0 Å². The first-order valence-corrected chi connectivity index (χ1v) is 11.2. The summed E-state index contributed by atoms with van der Waals surface area (Å²) in [5, 5.41) is 3.15. The molecule has 1 atom stereocenters. The van der Waals surface area contributed by atoms with Crippen LogP contribution in [0.5, 0.6) is 11.5 Å². The van der Waals surface area contributed by atoms with Gasteiger partial charge >= 0.3 is 5.97 Å². The summed E-state index contributed by atoms with van der Waals surface area (Å²) in [4.78, 5) is 20.3. The second-order valence-corrected chi connectivity index (χ2v) is 8.11. The lowest BCUT2D eigenvalue weighted by Crippen LogP contribution is -2.26. The zero-order chi connectivity index (χ0) is 24.2. The van der Waals surface area contributed by atoms with Crippen LogP contribution in [0, 0.1) is 4.77 Å². The van der Waals surface area contributed by atoms with Gasteiger partial charge in [0, 0.05) is 11.3 Å². The summed E-state index contributed by atoms with van der Waals surface area (Å²) in [6.45, 7) is 4.21. The first-order valence-electron chi connectivity index (χ1n) is 10.8. The highest BCUT2D eigenvalue weighted by atomic mass is 32.1. The number of esters is 1. The van der Waals surface area contributed by atoms with E-state index in [0.29, 0.717) is 46.6 Å². The number of benzene rings is 2. The minimum absolute atomic E-state index is 0.246. The van der Waals surface area contributed by atoms with Crippen LogP contribution in [0.2, 0.25) is 0 Å². The van der Waals surface area contributed by atoms with Crippen molar-refractivity contribution in [3.8, 4) is 11.5 Å². The highest BCUT2D eigenvalue weighted by molar-refractivity contribution is 7.71. The van der Waals surface area contributed by atoms with E-state index >= 15 is 0 Å². The monoisotopic (exact) mass is 478 g/mol. The summed E-state index contributed by atoms with van der Waals surface area (Å²) in [5.74, 6) is 0.955. The van der Waals surface area contributed by atoms with E-state index in [0.717, 1.165) is 11.1 Å². The smallest absolute Gasteiger partial charge is 0.336 e. The molecule has 0 bridgehead atoms. The lowest BCUT2D eigenvalue weighted by Gasteiger charge is -2.30. The third kappa shape index (κ3) is 4.60. The Morgan fingerprint density at radius 2 is 1.94 bits per heavy atom. The molecule has 0 amide bonds. The summed E-state index contributed by atoms with van der Waals surface area (Å²) in [6, 6.07) is 15.4. The number of carbonyl (C=O) groups excluding carboxylic acids is 1. The molecule has 8 nitrogen and oxygen atoms in total. The number of aromatic amines is 1. The molecular formula is C25H26N4O4S. The summed E-state index contributed by atoms with van der Waals surface area (Å²) in [6.07, 6.45) is 0. The minimum Gasteiger partial charge on any atom is -0.493 e. The van der Waals surface area contributed by atoms with E-state index in [-0.39, 0.29) is 11.4 Å². The Morgan fingerprint density at radius 3 is 2.65 bits per heavy atom. The van der Waals surface area contributed by atoms with E-state index in [2.05, 4.69) is 15.3 Å². The Morgan fingerprint density at radius 1 is 1.18 bits per heavy atom. The van der Waals surface area contributed by atoms with Gasteiger partial charge in [-0.25, -0.2) is 9.78 Å². The van der Waals surface area contributed by atoms with E-state index in [4.69, 9.17) is 32.2 Å². The summed E-state index contributed by atoms with van der Waals surface area (Å²) < 4.78 is 17.2. The number of rotatable bonds is 7. The number of aromatic nitrogens is 2. The van der Waals surface area contributed by atoms with Crippen molar-refractivity contribution in [2.45, 2.75) is 26.4 Å². The topological polar surface area (TPSA) is 111 Å². The number of anilines is 2. The normalized spacial score (nSPS) is 14.7. The van der Waals surface area contributed by atoms with Crippen LogP contribution in [0.3, 0.4) is 0 Å². The second-order valence-electron chi connectivity index (χ2n) is 7.72. The number of allylic oxidation sites excluding steroid dienone is 1. The van der Waals surface area contributed by atoms with Gasteiger partial charge in [0.2, 0.25) is 0 Å². The SMILES string of the molecule is CCOC(=O)C1=C(C)Nc2nc(=S)[nH]c(N)c2C1c1ccc(OCc2ccccc2)c(OC)c1. The van der Waals surface area contributed by atoms with Crippen molar-refractivity contribution in [2.75, 3.05) is 24.8 Å². The number of nitrogen functional groups attached to an aromatic ring is 1. The number of H-pyrrole nitrogens is 1. The van der Waals surface area contributed by atoms with Gasteiger partial charge in [-0.15, -0.1) is 0 Å². The molecular weight excluding hydrogens is 452 g/mol. The number of nitrogens with zero attached hydrogens (tertiary/aromatic N) is 1. The van der Waals surface area contributed by atoms with Crippen molar-refractivity contribution in [1.82, 2.24) is 9.97 Å². The number of ether oxygens (including phenoxy) is 3. The Bertz CT molecular complexity index is 1300. The molecule has 3 aromatic rings. The second kappa shape index (κ2) is 9.96. The predicted octanol–water partition coefficient (Wildman–Crippen LogP) is 4.70.